The topological polar surface area (TPSA) is 72.3 Å². The third-order valence-electron chi connectivity index (χ3n) is 4.84. The van der Waals surface area contributed by atoms with E-state index in [1.165, 1.54) is 38.4 Å². The fourth-order valence-electron chi connectivity index (χ4n) is 3.26. The molecule has 9 heteroatoms. The Balaban J connectivity index is 2.07. The maximum absolute atomic E-state index is 14.4. The van der Waals surface area contributed by atoms with Gasteiger partial charge in [0.2, 0.25) is 10.0 Å². The normalized spacial score (nSPS) is 11.9. The Morgan fingerprint density at radius 1 is 0.871 bits per heavy atom. The summed E-state index contributed by atoms with van der Waals surface area (Å²) in [7, 11) is -0.901. The van der Waals surface area contributed by atoms with Crippen molar-refractivity contribution < 1.29 is 17.2 Å². The van der Waals surface area contributed by atoms with Crippen molar-refractivity contribution in [3.8, 4) is 16.9 Å². The van der Waals surface area contributed by atoms with E-state index in [1.807, 2.05) is 0 Å². The molecule has 4 aromatic rings. The summed E-state index contributed by atoms with van der Waals surface area (Å²) < 4.78 is 55.7. The molecule has 0 fully saturated rings. The molecule has 6 nitrogen and oxygen atoms in total. The van der Waals surface area contributed by atoms with E-state index in [9.17, 15) is 22.0 Å². The molecule has 0 unspecified atom stereocenters. The van der Waals surface area contributed by atoms with Crippen LogP contribution in [0.15, 0.2) is 76.4 Å². The predicted octanol–water partition coefficient (Wildman–Crippen LogP) is 3.58. The van der Waals surface area contributed by atoms with E-state index < -0.39 is 32.9 Å². The molecule has 0 aliphatic rings. The monoisotopic (exact) mass is 441 g/mol. The molecular weight excluding hydrogens is 424 g/mol. The van der Waals surface area contributed by atoms with E-state index in [0.29, 0.717) is 15.6 Å². The summed E-state index contributed by atoms with van der Waals surface area (Å²) in [5.41, 5.74) is -0.699. The van der Waals surface area contributed by atoms with Crippen LogP contribution in [0, 0.1) is 11.6 Å². The number of hydrogen-bond acceptors (Lipinski definition) is 4. The molecule has 158 valence electrons. The van der Waals surface area contributed by atoms with E-state index in [0.717, 1.165) is 16.4 Å². The summed E-state index contributed by atoms with van der Waals surface area (Å²) in [6.07, 6.45) is 0. The number of halogens is 2. The van der Waals surface area contributed by atoms with Crippen LogP contribution in [0.1, 0.15) is 0 Å². The van der Waals surface area contributed by atoms with E-state index in [4.69, 9.17) is 0 Å². The molecule has 0 bridgehead atoms. The molecule has 0 N–H and O–H groups in total. The maximum Gasteiger partial charge on any atom is 0.279 e. The van der Waals surface area contributed by atoms with Crippen LogP contribution < -0.4 is 5.56 Å². The highest BCUT2D eigenvalue weighted by molar-refractivity contribution is 7.89. The number of nitrogens with zero attached hydrogens (tertiary/aromatic N) is 3. The molecule has 0 aliphatic carbocycles. The maximum atomic E-state index is 14.4. The SMILES string of the molecule is CN(C)S(=O)(=O)c1cccc(-c2nn(-c3c(F)cccc3F)c(=O)c3ccccc23)c1. The number of sulfonamides is 1. The molecular formula is C22H17F2N3O3S. The number of benzene rings is 3. The van der Waals surface area contributed by atoms with Gasteiger partial charge in [0.05, 0.1) is 16.0 Å². The van der Waals surface area contributed by atoms with Gasteiger partial charge in [0.15, 0.2) is 11.6 Å². The highest BCUT2D eigenvalue weighted by atomic mass is 32.2. The van der Waals surface area contributed by atoms with Crippen molar-refractivity contribution in [1.82, 2.24) is 14.1 Å². The van der Waals surface area contributed by atoms with Crippen molar-refractivity contribution in [3.05, 3.63) is 88.7 Å². The summed E-state index contributed by atoms with van der Waals surface area (Å²) in [4.78, 5) is 13.0. The summed E-state index contributed by atoms with van der Waals surface area (Å²) in [5.74, 6) is -1.89. The van der Waals surface area contributed by atoms with Gasteiger partial charge in [-0.15, -0.1) is 0 Å². The van der Waals surface area contributed by atoms with Crippen LogP contribution in [-0.2, 0) is 10.0 Å². The molecule has 1 heterocycles. The first kappa shape index (κ1) is 20.8. The van der Waals surface area contributed by atoms with Gasteiger partial charge in [-0.05, 0) is 30.3 Å². The zero-order chi connectivity index (χ0) is 22.3. The van der Waals surface area contributed by atoms with Gasteiger partial charge in [0.1, 0.15) is 5.69 Å². The van der Waals surface area contributed by atoms with Gasteiger partial charge in [0, 0.05) is 25.0 Å². The van der Waals surface area contributed by atoms with Crippen LogP contribution in [0.25, 0.3) is 27.7 Å². The third-order valence-corrected chi connectivity index (χ3v) is 6.65. The second kappa shape index (κ2) is 7.68. The number of hydrogen-bond donors (Lipinski definition) is 0. The van der Waals surface area contributed by atoms with Crippen molar-refractivity contribution >= 4 is 20.8 Å². The Kier molecular flexibility index (Phi) is 5.16. The minimum absolute atomic E-state index is 0.0238. The summed E-state index contributed by atoms with van der Waals surface area (Å²) in [5, 5.41) is 4.87. The number of aromatic nitrogens is 2. The molecule has 0 spiro atoms. The highest BCUT2D eigenvalue weighted by Gasteiger charge is 2.21. The molecule has 1 aromatic heterocycles. The van der Waals surface area contributed by atoms with Crippen molar-refractivity contribution in [2.24, 2.45) is 0 Å². The lowest BCUT2D eigenvalue weighted by atomic mass is 10.1. The van der Waals surface area contributed by atoms with E-state index in [-0.39, 0.29) is 16.0 Å². The zero-order valence-electron chi connectivity index (χ0n) is 16.6. The van der Waals surface area contributed by atoms with Crippen LogP contribution in [-0.4, -0.2) is 36.6 Å². The first-order valence-corrected chi connectivity index (χ1v) is 10.7. The average Bonchev–Trinajstić information content (AvgIpc) is 2.75. The quantitative estimate of drug-likeness (QED) is 0.485. The second-order valence-corrected chi connectivity index (χ2v) is 9.15. The lowest BCUT2D eigenvalue weighted by Gasteiger charge is -2.14. The van der Waals surface area contributed by atoms with Crippen molar-refractivity contribution in [3.63, 3.8) is 0 Å². The molecule has 0 aliphatic heterocycles. The zero-order valence-corrected chi connectivity index (χ0v) is 17.4. The average molecular weight is 441 g/mol. The molecule has 0 saturated carbocycles. The fraction of sp³-hybridized carbons (Fsp3) is 0.0909. The second-order valence-electron chi connectivity index (χ2n) is 7.00. The summed E-state index contributed by atoms with van der Waals surface area (Å²) >= 11 is 0. The minimum atomic E-state index is -3.73. The van der Waals surface area contributed by atoms with Gasteiger partial charge < -0.3 is 0 Å². The van der Waals surface area contributed by atoms with E-state index >= 15 is 0 Å². The third kappa shape index (κ3) is 3.51. The Hall–Kier alpha value is -3.43. The number of rotatable bonds is 4. The van der Waals surface area contributed by atoms with Crippen LogP contribution >= 0.6 is 0 Å². The predicted molar refractivity (Wildman–Crippen MR) is 114 cm³/mol. The van der Waals surface area contributed by atoms with Crippen molar-refractivity contribution in [1.29, 1.82) is 0 Å². The largest absolute Gasteiger partial charge is 0.279 e. The number of fused-ring (bicyclic) bond motifs is 1. The Morgan fingerprint density at radius 2 is 1.48 bits per heavy atom. The molecule has 4 rings (SSSR count). The standard InChI is InChI=1S/C22H17F2N3O3S/c1-26(2)31(29,30)15-8-5-7-14(13-15)20-16-9-3-4-10-17(16)22(28)27(25-20)21-18(23)11-6-12-19(21)24/h3-13H,1-2H3. The molecule has 0 amide bonds. The van der Waals surface area contributed by atoms with Crippen LogP contribution in [0.2, 0.25) is 0 Å². The Bertz CT molecular complexity index is 1460. The number of para-hydroxylation sites is 1. The molecule has 3 aromatic carbocycles. The summed E-state index contributed by atoms with van der Waals surface area (Å²) in [6.45, 7) is 0. The van der Waals surface area contributed by atoms with Gasteiger partial charge in [-0.25, -0.2) is 21.5 Å². The molecule has 0 atom stereocenters. The van der Waals surface area contributed by atoms with Crippen LogP contribution in [0.3, 0.4) is 0 Å². The van der Waals surface area contributed by atoms with Gasteiger partial charge >= 0.3 is 0 Å². The van der Waals surface area contributed by atoms with Crippen molar-refractivity contribution in [2.75, 3.05) is 14.1 Å². The lowest BCUT2D eigenvalue weighted by molar-refractivity contribution is 0.521. The van der Waals surface area contributed by atoms with Gasteiger partial charge in [-0.2, -0.15) is 9.78 Å². The highest BCUT2D eigenvalue weighted by Crippen LogP contribution is 2.28. The molecule has 31 heavy (non-hydrogen) atoms. The summed E-state index contributed by atoms with van der Waals surface area (Å²) in [6, 6.07) is 15.8. The van der Waals surface area contributed by atoms with Crippen LogP contribution in [0.5, 0.6) is 0 Å². The van der Waals surface area contributed by atoms with Crippen LogP contribution in [0.4, 0.5) is 8.78 Å². The first-order valence-electron chi connectivity index (χ1n) is 9.21. The minimum Gasteiger partial charge on any atom is -0.267 e. The van der Waals surface area contributed by atoms with Gasteiger partial charge in [-0.1, -0.05) is 36.4 Å². The van der Waals surface area contributed by atoms with Crippen molar-refractivity contribution in [2.45, 2.75) is 4.90 Å². The van der Waals surface area contributed by atoms with E-state index in [2.05, 4.69) is 5.10 Å². The lowest BCUT2D eigenvalue weighted by Crippen LogP contribution is -2.24. The fourth-order valence-corrected chi connectivity index (χ4v) is 4.21. The van der Waals surface area contributed by atoms with E-state index in [1.54, 1.807) is 30.3 Å². The molecule has 0 saturated heterocycles. The Labute approximate surface area is 177 Å². The Morgan fingerprint density at radius 3 is 2.13 bits per heavy atom. The smallest absolute Gasteiger partial charge is 0.267 e. The first-order chi connectivity index (χ1) is 14.7. The van der Waals surface area contributed by atoms with Gasteiger partial charge in [0.25, 0.3) is 5.56 Å². The molecule has 0 radical (unpaired) electrons. The van der Waals surface area contributed by atoms with Gasteiger partial charge in [-0.3, -0.25) is 4.79 Å².